The summed E-state index contributed by atoms with van der Waals surface area (Å²) in [5, 5.41) is 8.98. The molecular weight excluding hydrogens is 454 g/mol. The van der Waals surface area contributed by atoms with Crippen LogP contribution in [-0.2, 0) is 20.1 Å². The largest absolute Gasteiger partial charge is 0.464 e. The van der Waals surface area contributed by atoms with Crippen molar-refractivity contribution in [2.45, 2.75) is 74.0 Å². The fourth-order valence-electron chi connectivity index (χ4n) is 4.11. The number of nitrogens with two attached hydrogens (primary N) is 1. The molecule has 3 rings (SSSR count). The van der Waals surface area contributed by atoms with Gasteiger partial charge >= 0.3 is 12.2 Å². The van der Waals surface area contributed by atoms with Gasteiger partial charge in [0.1, 0.15) is 21.7 Å². The van der Waals surface area contributed by atoms with Crippen molar-refractivity contribution >= 4 is 45.3 Å². The molecule has 0 spiro atoms. The first-order chi connectivity index (χ1) is 14.5. The van der Waals surface area contributed by atoms with Gasteiger partial charge in [0.05, 0.1) is 5.25 Å². The third-order valence-corrected chi connectivity index (χ3v) is 9.91. The van der Waals surface area contributed by atoms with E-state index in [0.29, 0.717) is 28.3 Å². The fraction of sp³-hybridized carbons (Fsp3) is 0.571. The number of amidine groups is 1. The molecule has 2 heterocycles. The van der Waals surface area contributed by atoms with Crippen LogP contribution in [0.1, 0.15) is 53.5 Å². The van der Waals surface area contributed by atoms with E-state index in [1.54, 1.807) is 39.8 Å². The van der Waals surface area contributed by atoms with Gasteiger partial charge in [0.2, 0.25) is 0 Å². The maximum absolute atomic E-state index is 13.9. The fourth-order valence-corrected chi connectivity index (χ4v) is 7.73. The highest BCUT2D eigenvalue weighted by Crippen LogP contribution is 2.50. The third-order valence-electron chi connectivity index (χ3n) is 5.76. The normalized spacial score (nSPS) is 26.1. The van der Waals surface area contributed by atoms with Crippen LogP contribution in [0.4, 0.5) is 15.3 Å². The smallest absolute Gasteiger partial charge is 0.425 e. The Morgan fingerprint density at radius 1 is 1.28 bits per heavy atom. The van der Waals surface area contributed by atoms with Gasteiger partial charge in [-0.25, -0.2) is 18.0 Å². The van der Waals surface area contributed by atoms with Crippen LogP contribution in [0.3, 0.4) is 0 Å². The van der Waals surface area contributed by atoms with E-state index in [1.807, 2.05) is 6.07 Å². The summed E-state index contributed by atoms with van der Waals surface area (Å²) in [5.41, 5.74) is 4.71. The number of imide groups is 1. The van der Waals surface area contributed by atoms with Crippen molar-refractivity contribution in [2.75, 3.05) is 11.5 Å². The van der Waals surface area contributed by atoms with E-state index in [2.05, 4.69) is 0 Å². The van der Waals surface area contributed by atoms with Crippen LogP contribution in [0.2, 0.25) is 0 Å². The van der Waals surface area contributed by atoms with Crippen LogP contribution in [0, 0.1) is 0 Å². The highest BCUT2D eigenvalue weighted by atomic mass is 32.2. The number of carbonyl (C=O) groups excluding carboxylic acids is 1. The monoisotopic (exact) mass is 483 g/mol. The zero-order valence-corrected chi connectivity index (χ0v) is 20.6. The first kappa shape index (κ1) is 24.4. The van der Waals surface area contributed by atoms with Crippen molar-refractivity contribution in [2.24, 2.45) is 4.99 Å². The molecule has 0 fully saturated rings. The maximum atomic E-state index is 13.9. The lowest BCUT2D eigenvalue weighted by molar-refractivity contribution is 0.0372. The number of sulfone groups is 1. The lowest BCUT2D eigenvalue weighted by Crippen LogP contribution is -2.63. The van der Waals surface area contributed by atoms with Gasteiger partial charge in [0.25, 0.3) is 0 Å². The van der Waals surface area contributed by atoms with Crippen molar-refractivity contribution < 1.29 is 27.9 Å². The molecule has 0 aliphatic carbocycles. The average Bonchev–Trinajstić information content (AvgIpc) is 2.76. The minimum Gasteiger partial charge on any atom is -0.464 e. The van der Waals surface area contributed by atoms with E-state index in [0.717, 1.165) is 4.90 Å². The average molecular weight is 484 g/mol. The van der Waals surface area contributed by atoms with Crippen molar-refractivity contribution in [1.82, 2.24) is 4.90 Å². The second kappa shape index (κ2) is 7.65. The number of hydrogen-bond acceptors (Lipinski definition) is 8. The van der Waals surface area contributed by atoms with E-state index in [4.69, 9.17) is 15.5 Å². The van der Waals surface area contributed by atoms with E-state index < -0.39 is 49.0 Å². The lowest BCUT2D eigenvalue weighted by atomic mass is 9.86. The SMILES string of the molecule is CC(C)(C)OC(=O)N(C(=O)O)C1=N[C@]2(C)c3cc(N)ccc3SCC[C@@H]2S(=O)(=O)C1(C)C. The summed E-state index contributed by atoms with van der Waals surface area (Å²) in [7, 11) is -4.00. The molecule has 0 aromatic heterocycles. The number of anilines is 1. The van der Waals surface area contributed by atoms with Crippen molar-refractivity contribution in [3.05, 3.63) is 23.8 Å². The molecule has 2 amide bonds. The molecule has 11 heteroatoms. The zero-order valence-electron chi connectivity index (χ0n) is 19.0. The lowest BCUT2D eigenvalue weighted by Gasteiger charge is -2.46. The van der Waals surface area contributed by atoms with Gasteiger partial charge in [-0.05, 0) is 77.5 Å². The zero-order chi connectivity index (χ0) is 24.3. The van der Waals surface area contributed by atoms with Crippen LogP contribution in [0.5, 0.6) is 0 Å². The molecule has 0 bridgehead atoms. The highest BCUT2D eigenvalue weighted by Gasteiger charge is 2.60. The molecular formula is C21H29N3O6S2. The Morgan fingerprint density at radius 2 is 1.91 bits per heavy atom. The number of carboxylic acid groups (broad SMARTS) is 1. The number of ether oxygens (including phenoxy) is 1. The van der Waals surface area contributed by atoms with E-state index in [1.165, 1.54) is 25.6 Å². The van der Waals surface area contributed by atoms with Crippen LogP contribution < -0.4 is 5.73 Å². The standard InChI is InChI=1S/C21H29N3O6S2/c1-19(2,3)30-18(27)24(17(25)26)16-20(4,5)32(28,29)15-9-10-31-14-8-7-12(22)11-13(14)21(15,6)23-16/h7-8,11,15H,9-10,22H2,1-6H3,(H,25,26)/t15-,21+/m0/s1. The summed E-state index contributed by atoms with van der Waals surface area (Å²) in [5.74, 6) is 0.157. The molecule has 2 aliphatic heterocycles. The molecule has 0 unspecified atom stereocenters. The van der Waals surface area contributed by atoms with Crippen LogP contribution in [0.25, 0.3) is 0 Å². The quantitative estimate of drug-likeness (QED) is 0.530. The number of hydrogen-bond donors (Lipinski definition) is 2. The first-order valence-electron chi connectivity index (χ1n) is 10.1. The molecule has 32 heavy (non-hydrogen) atoms. The number of amides is 2. The summed E-state index contributed by atoms with van der Waals surface area (Å²) in [6.45, 7) is 9.18. The second-order valence-electron chi connectivity index (χ2n) is 9.62. The van der Waals surface area contributed by atoms with Gasteiger partial charge in [-0.3, -0.25) is 4.99 Å². The summed E-state index contributed by atoms with van der Waals surface area (Å²) >= 11 is 1.50. The number of benzene rings is 1. The summed E-state index contributed by atoms with van der Waals surface area (Å²) in [4.78, 5) is 30.9. The predicted molar refractivity (Wildman–Crippen MR) is 124 cm³/mol. The van der Waals surface area contributed by atoms with E-state index >= 15 is 0 Å². The summed E-state index contributed by atoms with van der Waals surface area (Å²) < 4.78 is 31.3. The Balaban J connectivity index is 2.33. The predicted octanol–water partition coefficient (Wildman–Crippen LogP) is 3.87. The van der Waals surface area contributed by atoms with Gasteiger partial charge in [-0.2, -0.15) is 4.90 Å². The second-order valence-corrected chi connectivity index (χ2v) is 13.4. The van der Waals surface area contributed by atoms with Gasteiger partial charge in [-0.15, -0.1) is 11.8 Å². The molecule has 2 atom stereocenters. The topological polar surface area (TPSA) is 139 Å². The third kappa shape index (κ3) is 3.85. The summed E-state index contributed by atoms with van der Waals surface area (Å²) in [6, 6.07) is 5.22. The van der Waals surface area contributed by atoms with Crippen LogP contribution in [0.15, 0.2) is 28.1 Å². The first-order valence-corrected chi connectivity index (χ1v) is 12.7. The Morgan fingerprint density at radius 3 is 2.47 bits per heavy atom. The molecule has 3 N–H and O–H groups in total. The number of fused-ring (bicyclic) bond motifs is 3. The summed E-state index contributed by atoms with van der Waals surface area (Å²) in [6.07, 6.45) is -2.55. The Kier molecular flexibility index (Phi) is 5.83. The number of aliphatic imine (C=N–C) groups is 1. The van der Waals surface area contributed by atoms with Crippen molar-refractivity contribution in [1.29, 1.82) is 0 Å². The number of thioether (sulfide) groups is 1. The molecule has 0 saturated carbocycles. The molecule has 176 valence electrons. The van der Waals surface area contributed by atoms with E-state index in [-0.39, 0.29) is 0 Å². The van der Waals surface area contributed by atoms with Crippen LogP contribution >= 0.6 is 11.8 Å². The Bertz CT molecular complexity index is 1110. The maximum Gasteiger partial charge on any atom is 0.425 e. The van der Waals surface area contributed by atoms with Gasteiger partial charge < -0.3 is 15.6 Å². The Labute approximate surface area is 192 Å². The van der Waals surface area contributed by atoms with Gasteiger partial charge in [0, 0.05) is 10.6 Å². The van der Waals surface area contributed by atoms with Crippen molar-refractivity contribution in [3.8, 4) is 0 Å². The molecule has 0 saturated heterocycles. The number of rotatable bonds is 0. The highest BCUT2D eigenvalue weighted by molar-refractivity contribution is 7.99. The Hall–Kier alpha value is -2.27. The van der Waals surface area contributed by atoms with E-state index in [9.17, 15) is 23.1 Å². The van der Waals surface area contributed by atoms with Gasteiger partial charge in [-0.1, -0.05) is 0 Å². The molecule has 9 nitrogen and oxygen atoms in total. The minimum atomic E-state index is -4.00. The van der Waals surface area contributed by atoms with Crippen molar-refractivity contribution in [3.63, 3.8) is 0 Å². The molecule has 0 radical (unpaired) electrons. The van der Waals surface area contributed by atoms with Gasteiger partial charge in [0.15, 0.2) is 9.84 Å². The number of nitrogen functional groups attached to an aromatic ring is 1. The number of nitrogens with zero attached hydrogens (tertiary/aromatic N) is 2. The number of carbonyl (C=O) groups is 2. The minimum absolute atomic E-state index is 0.314. The molecule has 1 aromatic carbocycles. The van der Waals surface area contributed by atoms with Crippen LogP contribution in [-0.4, -0.2) is 57.8 Å². The molecule has 2 aliphatic rings. The molecule has 1 aromatic rings.